The quantitative estimate of drug-likeness (QED) is 0.414. The number of para-hydroxylation sites is 1. The Kier molecular flexibility index (Phi) is 5.76. The Morgan fingerprint density at radius 3 is 2.76 bits per heavy atom. The van der Waals surface area contributed by atoms with Crippen LogP contribution >= 0.6 is 11.3 Å². The molecule has 3 N–H and O–H groups in total. The fraction of sp³-hybridized carbons (Fsp3) is 0.182. The smallest absolute Gasteiger partial charge is 0.286 e. The molecule has 148 valence electrons. The first-order valence-corrected chi connectivity index (χ1v) is 10.3. The van der Waals surface area contributed by atoms with E-state index in [2.05, 4.69) is 27.8 Å². The van der Waals surface area contributed by atoms with Gasteiger partial charge in [0.2, 0.25) is 5.91 Å². The van der Waals surface area contributed by atoms with Gasteiger partial charge in [-0.15, -0.1) is 11.3 Å². The molecule has 0 saturated carbocycles. The van der Waals surface area contributed by atoms with Crippen LogP contribution in [0.5, 0.6) is 0 Å². The number of rotatable bonds is 8. The van der Waals surface area contributed by atoms with Crippen LogP contribution in [-0.4, -0.2) is 29.9 Å². The monoisotopic (exact) mass is 407 g/mol. The van der Waals surface area contributed by atoms with Crippen molar-refractivity contribution in [2.75, 3.05) is 13.1 Å². The lowest BCUT2D eigenvalue weighted by atomic mass is 9.96. The molecule has 4 rings (SSSR count). The van der Waals surface area contributed by atoms with E-state index in [1.54, 1.807) is 23.5 Å². The topological polar surface area (TPSA) is 87.1 Å². The number of aromatic nitrogens is 1. The minimum absolute atomic E-state index is 0.0628. The molecule has 1 aromatic carbocycles. The molecule has 7 heteroatoms. The highest BCUT2D eigenvalue weighted by atomic mass is 32.1. The number of thiophene rings is 1. The van der Waals surface area contributed by atoms with E-state index >= 15 is 0 Å². The molecule has 4 aromatic rings. The Labute approximate surface area is 171 Å². The summed E-state index contributed by atoms with van der Waals surface area (Å²) >= 11 is 1.68. The summed E-state index contributed by atoms with van der Waals surface area (Å²) in [5, 5.41) is 8.90. The van der Waals surface area contributed by atoms with Gasteiger partial charge in [0.25, 0.3) is 5.91 Å². The van der Waals surface area contributed by atoms with Crippen LogP contribution in [0.4, 0.5) is 0 Å². The molecule has 29 heavy (non-hydrogen) atoms. The summed E-state index contributed by atoms with van der Waals surface area (Å²) in [5.74, 6) is -0.125. The Morgan fingerprint density at radius 2 is 1.97 bits per heavy atom. The van der Waals surface area contributed by atoms with Crippen molar-refractivity contribution in [1.29, 1.82) is 0 Å². The van der Waals surface area contributed by atoms with E-state index < -0.39 is 0 Å². The first kappa shape index (κ1) is 19.0. The minimum Gasteiger partial charge on any atom is -0.459 e. The average molecular weight is 407 g/mol. The largest absolute Gasteiger partial charge is 0.459 e. The number of amides is 2. The maximum absolute atomic E-state index is 12.3. The molecular formula is C22H21N3O3S. The average Bonchev–Trinajstić information content (AvgIpc) is 3.50. The van der Waals surface area contributed by atoms with E-state index in [1.807, 2.05) is 35.8 Å². The van der Waals surface area contributed by atoms with Crippen molar-refractivity contribution in [2.45, 2.75) is 12.3 Å². The SMILES string of the molecule is O=C(CCNC(=O)c1ccco1)NC[C@H](c1cccs1)c1c[nH]c2ccccc12. The number of carbonyl (C=O) groups excluding carboxylic acids is 2. The number of H-pyrrole nitrogens is 1. The lowest BCUT2D eigenvalue weighted by molar-refractivity contribution is -0.120. The van der Waals surface area contributed by atoms with Crippen LogP contribution in [-0.2, 0) is 4.79 Å². The van der Waals surface area contributed by atoms with E-state index in [4.69, 9.17) is 4.42 Å². The maximum Gasteiger partial charge on any atom is 0.286 e. The van der Waals surface area contributed by atoms with E-state index in [0.29, 0.717) is 6.54 Å². The summed E-state index contributed by atoms with van der Waals surface area (Å²) in [5.41, 5.74) is 2.24. The van der Waals surface area contributed by atoms with Crippen molar-refractivity contribution in [3.05, 3.63) is 82.6 Å². The van der Waals surface area contributed by atoms with Gasteiger partial charge in [-0.3, -0.25) is 9.59 Å². The number of carbonyl (C=O) groups is 2. The Balaban J connectivity index is 1.37. The second-order valence-corrected chi connectivity index (χ2v) is 7.62. The minimum atomic E-state index is -0.321. The molecule has 6 nitrogen and oxygen atoms in total. The summed E-state index contributed by atoms with van der Waals surface area (Å²) in [7, 11) is 0. The van der Waals surface area contributed by atoms with Gasteiger partial charge >= 0.3 is 0 Å². The molecule has 0 spiro atoms. The molecule has 3 heterocycles. The van der Waals surface area contributed by atoms with E-state index in [1.165, 1.54) is 11.1 Å². The van der Waals surface area contributed by atoms with Crippen molar-refractivity contribution >= 4 is 34.1 Å². The van der Waals surface area contributed by atoms with Gasteiger partial charge in [0.1, 0.15) is 0 Å². The number of fused-ring (bicyclic) bond motifs is 1. The van der Waals surface area contributed by atoms with Gasteiger partial charge < -0.3 is 20.0 Å². The number of benzene rings is 1. The Morgan fingerprint density at radius 1 is 1.07 bits per heavy atom. The molecule has 0 aliphatic heterocycles. The Hall–Kier alpha value is -3.32. The number of hydrogen-bond donors (Lipinski definition) is 3. The van der Waals surface area contributed by atoms with Crippen LogP contribution in [0.25, 0.3) is 10.9 Å². The zero-order chi connectivity index (χ0) is 20.1. The third-order valence-corrected chi connectivity index (χ3v) is 5.76. The van der Waals surface area contributed by atoms with Crippen molar-refractivity contribution in [1.82, 2.24) is 15.6 Å². The molecule has 0 bridgehead atoms. The lowest BCUT2D eigenvalue weighted by Gasteiger charge is -2.16. The van der Waals surface area contributed by atoms with Crippen LogP contribution in [0.15, 0.2) is 70.8 Å². The molecule has 0 fully saturated rings. The van der Waals surface area contributed by atoms with E-state index in [0.717, 1.165) is 16.5 Å². The predicted octanol–water partition coefficient (Wildman–Crippen LogP) is 3.89. The number of aromatic amines is 1. The molecule has 0 saturated heterocycles. The predicted molar refractivity (Wildman–Crippen MR) is 113 cm³/mol. The summed E-state index contributed by atoms with van der Waals surface area (Å²) < 4.78 is 5.04. The highest BCUT2D eigenvalue weighted by Crippen LogP contribution is 2.32. The summed E-state index contributed by atoms with van der Waals surface area (Å²) in [6, 6.07) is 15.5. The van der Waals surface area contributed by atoms with Gasteiger partial charge in [-0.1, -0.05) is 24.3 Å². The van der Waals surface area contributed by atoms with Gasteiger partial charge in [-0.05, 0) is 35.2 Å². The van der Waals surface area contributed by atoms with E-state index in [9.17, 15) is 9.59 Å². The fourth-order valence-electron chi connectivity index (χ4n) is 3.32. The fourth-order valence-corrected chi connectivity index (χ4v) is 4.17. The van der Waals surface area contributed by atoms with Crippen LogP contribution in [0.1, 0.15) is 33.3 Å². The third kappa shape index (κ3) is 4.41. The molecule has 0 aliphatic carbocycles. The number of furan rings is 1. The zero-order valence-corrected chi connectivity index (χ0v) is 16.5. The number of hydrogen-bond acceptors (Lipinski definition) is 4. The van der Waals surface area contributed by atoms with E-state index in [-0.39, 0.29) is 36.5 Å². The van der Waals surface area contributed by atoms with Crippen molar-refractivity contribution in [3.63, 3.8) is 0 Å². The van der Waals surface area contributed by atoms with Gasteiger partial charge in [0.15, 0.2) is 5.76 Å². The van der Waals surface area contributed by atoms with Gasteiger partial charge in [0.05, 0.1) is 6.26 Å². The molecular weight excluding hydrogens is 386 g/mol. The highest BCUT2D eigenvalue weighted by molar-refractivity contribution is 7.10. The van der Waals surface area contributed by atoms with Crippen LogP contribution in [0.2, 0.25) is 0 Å². The molecule has 0 radical (unpaired) electrons. The standard InChI is InChI=1S/C22H21N3O3S/c26-21(9-10-23-22(27)19-7-3-11-28-19)25-14-17(20-8-4-12-29-20)16-13-24-18-6-2-1-5-15(16)18/h1-8,11-13,17,24H,9-10,14H2,(H,23,27)(H,25,26)/t17-/m0/s1. The summed E-state index contributed by atoms with van der Waals surface area (Å²) in [4.78, 5) is 28.7. The normalized spacial score (nSPS) is 12.0. The van der Waals surface area contributed by atoms with Crippen molar-refractivity contribution in [3.8, 4) is 0 Å². The van der Waals surface area contributed by atoms with Gasteiger partial charge in [-0.2, -0.15) is 0 Å². The summed E-state index contributed by atoms with van der Waals surface area (Å²) in [6.07, 6.45) is 3.67. The molecule has 0 aliphatic rings. The second-order valence-electron chi connectivity index (χ2n) is 6.64. The zero-order valence-electron chi connectivity index (χ0n) is 15.7. The highest BCUT2D eigenvalue weighted by Gasteiger charge is 2.20. The Bertz CT molecular complexity index is 1080. The molecule has 1 atom stereocenters. The van der Waals surface area contributed by atoms with Gasteiger partial charge in [-0.25, -0.2) is 0 Å². The van der Waals surface area contributed by atoms with Crippen LogP contribution in [0.3, 0.4) is 0 Å². The maximum atomic E-state index is 12.3. The van der Waals surface area contributed by atoms with Gasteiger partial charge in [0, 0.05) is 47.4 Å². The van der Waals surface area contributed by atoms with Crippen LogP contribution < -0.4 is 10.6 Å². The second kappa shape index (κ2) is 8.79. The van der Waals surface area contributed by atoms with Crippen molar-refractivity contribution in [2.24, 2.45) is 0 Å². The number of nitrogens with one attached hydrogen (secondary N) is 3. The first-order valence-electron chi connectivity index (χ1n) is 9.40. The molecule has 0 unspecified atom stereocenters. The molecule has 2 amide bonds. The first-order chi connectivity index (χ1) is 14.2. The van der Waals surface area contributed by atoms with Crippen molar-refractivity contribution < 1.29 is 14.0 Å². The van der Waals surface area contributed by atoms with Crippen LogP contribution in [0, 0.1) is 0 Å². The third-order valence-electron chi connectivity index (χ3n) is 4.77. The lowest BCUT2D eigenvalue weighted by Crippen LogP contribution is -2.32. The summed E-state index contributed by atoms with van der Waals surface area (Å²) in [6.45, 7) is 0.745. The molecule has 3 aromatic heterocycles.